The molecule has 0 radical (unpaired) electrons. The lowest BCUT2D eigenvalue weighted by atomic mass is 10.0. The van der Waals surface area contributed by atoms with Crippen LogP contribution in [-0.4, -0.2) is 5.11 Å². The first kappa shape index (κ1) is 14.8. The second kappa shape index (κ2) is 7.09. The fourth-order valence-electron chi connectivity index (χ4n) is 1.34. The molecular weight excluding hydrogens is 277 g/mol. The smallest absolute Gasteiger partial charge is 0.129 e. The third-order valence-corrected chi connectivity index (χ3v) is 2.90. The van der Waals surface area contributed by atoms with E-state index < -0.39 is 0 Å². The molecule has 1 aromatic carbocycles. The monoisotopic (exact) mass is 293 g/mol. The summed E-state index contributed by atoms with van der Waals surface area (Å²) in [5, 5.41) is 9.31. The Morgan fingerprint density at radius 1 is 1.47 bits per heavy atom. The van der Waals surface area contributed by atoms with Crippen LogP contribution in [0.2, 0.25) is 0 Å². The number of rotatable bonds is 4. The third kappa shape index (κ3) is 4.41. The van der Waals surface area contributed by atoms with Crippen molar-refractivity contribution in [2.75, 3.05) is 0 Å². The molecule has 0 amide bonds. The van der Waals surface area contributed by atoms with Crippen LogP contribution in [0.1, 0.15) is 37.8 Å². The van der Waals surface area contributed by atoms with Crippen LogP contribution in [0.3, 0.4) is 0 Å². The quantitative estimate of drug-likeness (QED) is 0.888. The van der Waals surface area contributed by atoms with Gasteiger partial charge >= 0.3 is 0 Å². The molecule has 2 nitrogen and oxygen atoms in total. The molecular formula is C11H17BrClNO. The van der Waals surface area contributed by atoms with E-state index in [4.69, 9.17) is 5.73 Å². The molecule has 0 aliphatic carbocycles. The van der Waals surface area contributed by atoms with Crippen molar-refractivity contribution in [1.29, 1.82) is 0 Å². The molecule has 4 heteroatoms. The molecule has 1 atom stereocenters. The molecule has 0 fully saturated rings. The second-order valence-electron chi connectivity index (χ2n) is 3.46. The summed E-state index contributed by atoms with van der Waals surface area (Å²) in [4.78, 5) is 0. The summed E-state index contributed by atoms with van der Waals surface area (Å²) in [6.07, 6.45) is 3.29. The van der Waals surface area contributed by atoms with Gasteiger partial charge in [-0.3, -0.25) is 0 Å². The number of hydrogen-bond acceptors (Lipinski definition) is 2. The van der Waals surface area contributed by atoms with Gasteiger partial charge in [0.05, 0.1) is 4.47 Å². The summed E-state index contributed by atoms with van der Waals surface area (Å²) in [7, 11) is 0. The van der Waals surface area contributed by atoms with Crippen molar-refractivity contribution < 1.29 is 5.11 Å². The first-order chi connectivity index (χ1) is 6.65. The lowest BCUT2D eigenvalue weighted by Gasteiger charge is -2.12. The Balaban J connectivity index is 0.00000196. The standard InChI is InChI=1S/C11H16BrNO.ClH/c1-2-3-4-10(13)8-5-6-11(14)9(12)7-8;/h5-7,10,14H,2-4,13H2,1H3;1H/t10-;/m1./s1. The summed E-state index contributed by atoms with van der Waals surface area (Å²) in [6, 6.07) is 5.51. The van der Waals surface area contributed by atoms with Crippen molar-refractivity contribution in [3.8, 4) is 5.75 Å². The van der Waals surface area contributed by atoms with Crippen LogP contribution >= 0.6 is 28.3 Å². The highest BCUT2D eigenvalue weighted by molar-refractivity contribution is 9.10. The molecule has 0 heterocycles. The maximum atomic E-state index is 9.31. The molecule has 0 aromatic heterocycles. The van der Waals surface area contributed by atoms with Gasteiger partial charge in [-0.1, -0.05) is 25.8 Å². The molecule has 0 aliphatic rings. The summed E-state index contributed by atoms with van der Waals surface area (Å²) in [5.41, 5.74) is 7.07. The molecule has 1 rings (SSSR count). The minimum absolute atomic E-state index is 0. The topological polar surface area (TPSA) is 46.2 Å². The summed E-state index contributed by atoms with van der Waals surface area (Å²) in [6.45, 7) is 2.15. The predicted molar refractivity (Wildman–Crippen MR) is 69.5 cm³/mol. The van der Waals surface area contributed by atoms with E-state index in [-0.39, 0.29) is 24.2 Å². The van der Waals surface area contributed by atoms with Gasteiger partial charge in [0.25, 0.3) is 0 Å². The van der Waals surface area contributed by atoms with Gasteiger partial charge in [-0.25, -0.2) is 0 Å². The number of nitrogens with two attached hydrogens (primary N) is 1. The van der Waals surface area contributed by atoms with E-state index >= 15 is 0 Å². The van der Waals surface area contributed by atoms with Gasteiger partial charge in [0.1, 0.15) is 5.75 Å². The van der Waals surface area contributed by atoms with Gasteiger partial charge in [-0.2, -0.15) is 0 Å². The van der Waals surface area contributed by atoms with E-state index in [1.165, 1.54) is 0 Å². The normalized spacial score (nSPS) is 11.9. The molecule has 0 aliphatic heterocycles. The van der Waals surface area contributed by atoms with Crippen LogP contribution in [0.15, 0.2) is 22.7 Å². The molecule has 0 saturated heterocycles. The van der Waals surface area contributed by atoms with Gasteiger partial charge in [0.2, 0.25) is 0 Å². The van der Waals surface area contributed by atoms with Gasteiger partial charge < -0.3 is 10.8 Å². The number of phenols is 1. The van der Waals surface area contributed by atoms with E-state index in [0.29, 0.717) is 4.47 Å². The number of phenolic OH excluding ortho intramolecular Hbond substituents is 1. The number of halogens is 2. The van der Waals surface area contributed by atoms with Crippen molar-refractivity contribution in [1.82, 2.24) is 0 Å². The Morgan fingerprint density at radius 2 is 2.13 bits per heavy atom. The predicted octanol–water partition coefficient (Wildman–Crippen LogP) is 3.77. The largest absolute Gasteiger partial charge is 0.507 e. The highest BCUT2D eigenvalue weighted by atomic mass is 79.9. The minimum Gasteiger partial charge on any atom is -0.507 e. The summed E-state index contributed by atoms with van der Waals surface area (Å²) < 4.78 is 0.710. The van der Waals surface area contributed by atoms with Gasteiger partial charge in [0, 0.05) is 6.04 Å². The van der Waals surface area contributed by atoms with Crippen LogP contribution in [-0.2, 0) is 0 Å². The maximum Gasteiger partial charge on any atom is 0.129 e. The first-order valence-corrected chi connectivity index (χ1v) is 5.68. The minimum atomic E-state index is 0. The zero-order valence-corrected chi connectivity index (χ0v) is 11.1. The Kier molecular flexibility index (Phi) is 6.98. The molecule has 86 valence electrons. The van der Waals surface area contributed by atoms with Crippen LogP contribution in [0, 0.1) is 0 Å². The maximum absolute atomic E-state index is 9.31. The zero-order valence-electron chi connectivity index (χ0n) is 8.74. The lowest BCUT2D eigenvalue weighted by Crippen LogP contribution is -2.09. The van der Waals surface area contributed by atoms with Gasteiger partial charge in [0.15, 0.2) is 0 Å². The molecule has 3 N–H and O–H groups in total. The average Bonchev–Trinajstić information content (AvgIpc) is 2.18. The van der Waals surface area contributed by atoms with E-state index in [2.05, 4.69) is 22.9 Å². The molecule has 1 aromatic rings. The summed E-state index contributed by atoms with van der Waals surface area (Å²) in [5.74, 6) is 0.261. The Morgan fingerprint density at radius 3 is 2.67 bits per heavy atom. The number of aromatic hydroxyl groups is 1. The molecule has 0 saturated carbocycles. The molecule has 0 unspecified atom stereocenters. The van der Waals surface area contributed by atoms with Crippen molar-refractivity contribution in [3.63, 3.8) is 0 Å². The second-order valence-corrected chi connectivity index (χ2v) is 4.31. The number of benzene rings is 1. The molecule has 15 heavy (non-hydrogen) atoms. The number of hydrogen-bond donors (Lipinski definition) is 2. The van der Waals surface area contributed by atoms with Crippen molar-refractivity contribution in [2.24, 2.45) is 5.73 Å². The van der Waals surface area contributed by atoms with Crippen molar-refractivity contribution in [2.45, 2.75) is 32.2 Å². The van der Waals surface area contributed by atoms with Gasteiger partial charge in [-0.15, -0.1) is 12.4 Å². The fourth-order valence-corrected chi connectivity index (χ4v) is 1.74. The molecule has 0 spiro atoms. The van der Waals surface area contributed by atoms with E-state index in [9.17, 15) is 5.11 Å². The SMILES string of the molecule is CCCC[C@@H](N)c1ccc(O)c(Br)c1.Cl. The Labute approximate surface area is 105 Å². The Hall–Kier alpha value is -0.250. The highest BCUT2D eigenvalue weighted by Crippen LogP contribution is 2.27. The highest BCUT2D eigenvalue weighted by Gasteiger charge is 2.07. The lowest BCUT2D eigenvalue weighted by molar-refractivity contribution is 0.471. The van der Waals surface area contributed by atoms with Crippen LogP contribution < -0.4 is 5.73 Å². The van der Waals surface area contributed by atoms with E-state index in [1.54, 1.807) is 6.07 Å². The molecule has 0 bridgehead atoms. The fraction of sp³-hybridized carbons (Fsp3) is 0.455. The zero-order chi connectivity index (χ0) is 10.6. The van der Waals surface area contributed by atoms with Gasteiger partial charge in [-0.05, 0) is 40.0 Å². The Bertz CT molecular complexity index is 307. The van der Waals surface area contributed by atoms with Crippen LogP contribution in [0.4, 0.5) is 0 Å². The van der Waals surface area contributed by atoms with Crippen LogP contribution in [0.25, 0.3) is 0 Å². The average molecular weight is 295 g/mol. The van der Waals surface area contributed by atoms with E-state index in [0.717, 1.165) is 24.8 Å². The third-order valence-electron chi connectivity index (χ3n) is 2.27. The number of unbranched alkanes of at least 4 members (excludes halogenated alkanes) is 1. The van der Waals surface area contributed by atoms with E-state index in [1.807, 2.05) is 12.1 Å². The van der Waals surface area contributed by atoms with Crippen LogP contribution in [0.5, 0.6) is 5.75 Å². The van der Waals surface area contributed by atoms with Crippen molar-refractivity contribution >= 4 is 28.3 Å². The summed E-state index contributed by atoms with van der Waals surface area (Å²) >= 11 is 3.28. The first-order valence-electron chi connectivity index (χ1n) is 4.89. The van der Waals surface area contributed by atoms with Crippen molar-refractivity contribution in [3.05, 3.63) is 28.2 Å².